The summed E-state index contributed by atoms with van der Waals surface area (Å²) in [5.41, 5.74) is 3.33. The second kappa shape index (κ2) is 18.4. The second-order valence-electron chi connectivity index (χ2n) is 10.7. The predicted molar refractivity (Wildman–Crippen MR) is 186 cm³/mol. The molecule has 0 aliphatic carbocycles. The van der Waals surface area contributed by atoms with Gasteiger partial charge in [-0.25, -0.2) is 0 Å². The second-order valence-corrected chi connectivity index (χ2v) is 10.7. The van der Waals surface area contributed by atoms with Gasteiger partial charge in [0.15, 0.2) is 5.78 Å². The van der Waals surface area contributed by atoms with Gasteiger partial charge in [-0.05, 0) is 67.1 Å². The summed E-state index contributed by atoms with van der Waals surface area (Å²) in [6.45, 7) is 2.45. The maximum Gasteiger partial charge on any atom is 0.251 e. The van der Waals surface area contributed by atoms with Gasteiger partial charge in [-0.3, -0.25) is 14.6 Å². The van der Waals surface area contributed by atoms with Crippen LogP contribution in [0, 0.1) is 0 Å². The molecule has 13 nitrogen and oxygen atoms in total. The molecule has 5 aromatic rings. The minimum absolute atomic E-state index is 0.111. The topological polar surface area (TPSA) is 173 Å². The van der Waals surface area contributed by atoms with E-state index >= 15 is 0 Å². The third-order valence-corrected chi connectivity index (χ3v) is 7.01. The normalized spacial score (nSPS) is 10.7. The molecule has 0 atom stereocenters. The van der Waals surface area contributed by atoms with Gasteiger partial charge in [0.1, 0.15) is 5.75 Å². The highest BCUT2D eigenvalue weighted by molar-refractivity contribution is 5.96. The molecule has 0 fully saturated rings. The van der Waals surface area contributed by atoms with Crippen LogP contribution in [0.4, 0.5) is 29.2 Å². The molecule has 0 bridgehead atoms. The Hall–Kier alpha value is -5.92. The van der Waals surface area contributed by atoms with E-state index in [0.717, 1.165) is 11.3 Å². The van der Waals surface area contributed by atoms with Crippen LogP contribution in [0.25, 0.3) is 0 Å². The fourth-order valence-corrected chi connectivity index (χ4v) is 4.51. The standard InChI is InChI=1S/C36H38N8O5/c45-31-17-15-29(16-18-31)41-36-43-34(38-20-22-49-24-23-48-21-6-10-32(46)26-7-2-1-3-8-26)42-35(44-36)40-28-13-11-27(12-14-28)33(47)39-25-30-9-4-5-19-37-30/h1-5,7-9,11-19,45H,6,10,20-25H2,(H,39,47)(H3,38,40,41,42,43,44). The SMILES string of the molecule is O=C(CCCOCCOCCNc1nc(Nc2ccc(O)cc2)nc(Nc2ccc(C(=O)NCc3ccccn3)cc2)n1)c1ccccc1. The van der Waals surface area contributed by atoms with Gasteiger partial charge in [0.05, 0.1) is 32.1 Å². The Bertz CT molecular complexity index is 1760. The molecule has 0 aliphatic heterocycles. The number of carbonyl (C=O) groups excluding carboxylic acids is 2. The summed E-state index contributed by atoms with van der Waals surface area (Å²) in [4.78, 5) is 42.4. The van der Waals surface area contributed by atoms with Crippen molar-refractivity contribution in [2.45, 2.75) is 19.4 Å². The number of aromatic nitrogens is 4. The summed E-state index contributed by atoms with van der Waals surface area (Å²) in [7, 11) is 0. The third-order valence-electron chi connectivity index (χ3n) is 7.01. The monoisotopic (exact) mass is 662 g/mol. The smallest absolute Gasteiger partial charge is 0.251 e. The van der Waals surface area contributed by atoms with Gasteiger partial charge < -0.3 is 35.8 Å². The lowest BCUT2D eigenvalue weighted by molar-refractivity contribution is 0.0497. The summed E-state index contributed by atoms with van der Waals surface area (Å²) in [6, 6.07) is 28.2. The fourth-order valence-electron chi connectivity index (χ4n) is 4.51. The van der Waals surface area contributed by atoms with Crippen LogP contribution < -0.4 is 21.3 Å². The van der Waals surface area contributed by atoms with Gasteiger partial charge in [-0.1, -0.05) is 36.4 Å². The van der Waals surface area contributed by atoms with E-state index < -0.39 is 0 Å². The Balaban J connectivity index is 1.09. The van der Waals surface area contributed by atoms with E-state index in [-0.39, 0.29) is 29.3 Å². The average Bonchev–Trinajstić information content (AvgIpc) is 3.13. The molecule has 5 rings (SSSR count). The highest BCUT2D eigenvalue weighted by Crippen LogP contribution is 2.21. The number of ketones is 1. The molecular formula is C36H38N8O5. The number of nitrogens with zero attached hydrogens (tertiary/aromatic N) is 4. The maximum atomic E-state index is 12.6. The molecule has 49 heavy (non-hydrogen) atoms. The number of hydrogen-bond donors (Lipinski definition) is 5. The number of rotatable bonds is 19. The number of aromatic hydroxyl groups is 1. The number of phenols is 1. The van der Waals surface area contributed by atoms with Crippen molar-refractivity contribution in [3.63, 3.8) is 0 Å². The van der Waals surface area contributed by atoms with Crippen LogP contribution in [0.5, 0.6) is 5.75 Å². The van der Waals surface area contributed by atoms with Crippen LogP contribution in [0.3, 0.4) is 0 Å². The first-order chi connectivity index (χ1) is 24.0. The zero-order valence-electron chi connectivity index (χ0n) is 26.8. The number of Topliss-reactive ketones (excluding diaryl/α,β-unsaturated/α-hetero) is 1. The molecule has 13 heteroatoms. The Kier molecular flexibility index (Phi) is 12.9. The van der Waals surface area contributed by atoms with Crippen molar-refractivity contribution in [3.05, 3.63) is 120 Å². The first-order valence-corrected chi connectivity index (χ1v) is 15.9. The number of carbonyl (C=O) groups is 2. The molecule has 0 saturated heterocycles. The zero-order chi connectivity index (χ0) is 34.1. The molecule has 2 aromatic heterocycles. The van der Waals surface area contributed by atoms with E-state index in [0.29, 0.717) is 75.2 Å². The third kappa shape index (κ3) is 11.7. The number of phenolic OH excluding ortho intramolecular Hbond substituents is 1. The predicted octanol–water partition coefficient (Wildman–Crippen LogP) is 5.50. The number of pyridine rings is 1. The van der Waals surface area contributed by atoms with E-state index in [4.69, 9.17) is 9.47 Å². The highest BCUT2D eigenvalue weighted by atomic mass is 16.5. The number of hydrogen-bond acceptors (Lipinski definition) is 12. The molecule has 0 radical (unpaired) electrons. The molecule has 3 aromatic carbocycles. The first-order valence-electron chi connectivity index (χ1n) is 15.9. The van der Waals surface area contributed by atoms with E-state index in [9.17, 15) is 14.7 Å². The quantitative estimate of drug-likeness (QED) is 0.0428. The molecule has 2 heterocycles. The Morgan fingerprint density at radius 1 is 0.653 bits per heavy atom. The first kappa shape index (κ1) is 34.4. The number of ether oxygens (including phenoxy) is 2. The summed E-state index contributed by atoms with van der Waals surface area (Å²) in [6.07, 6.45) is 2.78. The van der Waals surface area contributed by atoms with Crippen molar-refractivity contribution >= 4 is 40.9 Å². The van der Waals surface area contributed by atoms with E-state index in [1.54, 1.807) is 54.7 Å². The number of benzene rings is 3. The number of amides is 1. The van der Waals surface area contributed by atoms with Crippen molar-refractivity contribution in [2.24, 2.45) is 0 Å². The molecule has 5 N–H and O–H groups in total. The number of anilines is 5. The van der Waals surface area contributed by atoms with Crippen molar-refractivity contribution in [2.75, 3.05) is 48.9 Å². The van der Waals surface area contributed by atoms with Gasteiger partial charge in [0, 0.05) is 48.3 Å². The van der Waals surface area contributed by atoms with Gasteiger partial charge in [-0.15, -0.1) is 0 Å². The molecular weight excluding hydrogens is 624 g/mol. The Morgan fingerprint density at radius 3 is 1.96 bits per heavy atom. The Labute approximate surface area is 284 Å². The van der Waals surface area contributed by atoms with Crippen LogP contribution in [0.2, 0.25) is 0 Å². The number of nitrogens with one attached hydrogen (secondary N) is 4. The molecule has 0 aliphatic rings. The fraction of sp³-hybridized carbons (Fsp3) is 0.222. The average molecular weight is 663 g/mol. The zero-order valence-corrected chi connectivity index (χ0v) is 26.8. The van der Waals surface area contributed by atoms with Crippen LogP contribution in [0.1, 0.15) is 39.3 Å². The van der Waals surface area contributed by atoms with Crippen molar-refractivity contribution in [1.29, 1.82) is 0 Å². The van der Waals surface area contributed by atoms with E-state index in [1.165, 1.54) is 0 Å². The summed E-state index contributed by atoms with van der Waals surface area (Å²) in [5, 5.41) is 21.9. The molecule has 1 amide bonds. The van der Waals surface area contributed by atoms with Crippen molar-refractivity contribution < 1.29 is 24.2 Å². The lowest BCUT2D eigenvalue weighted by Gasteiger charge is -2.12. The van der Waals surface area contributed by atoms with E-state index in [2.05, 4.69) is 41.2 Å². The minimum atomic E-state index is -0.214. The van der Waals surface area contributed by atoms with Gasteiger partial charge in [0.25, 0.3) is 5.91 Å². The molecule has 0 saturated carbocycles. The summed E-state index contributed by atoms with van der Waals surface area (Å²) in [5.74, 6) is 0.895. The van der Waals surface area contributed by atoms with Crippen molar-refractivity contribution in [3.8, 4) is 5.75 Å². The van der Waals surface area contributed by atoms with Crippen LogP contribution in [0.15, 0.2) is 103 Å². The highest BCUT2D eigenvalue weighted by Gasteiger charge is 2.10. The molecule has 0 spiro atoms. The van der Waals surface area contributed by atoms with Gasteiger partial charge >= 0.3 is 0 Å². The summed E-state index contributed by atoms with van der Waals surface area (Å²) < 4.78 is 11.3. The van der Waals surface area contributed by atoms with Crippen LogP contribution in [-0.2, 0) is 16.0 Å². The molecule has 252 valence electrons. The van der Waals surface area contributed by atoms with Gasteiger partial charge in [-0.2, -0.15) is 15.0 Å². The van der Waals surface area contributed by atoms with Crippen LogP contribution >= 0.6 is 0 Å². The van der Waals surface area contributed by atoms with Gasteiger partial charge in [0.2, 0.25) is 17.8 Å². The lowest BCUT2D eigenvalue weighted by Crippen LogP contribution is -2.23. The Morgan fingerprint density at radius 2 is 1.29 bits per heavy atom. The largest absolute Gasteiger partial charge is 0.508 e. The lowest BCUT2D eigenvalue weighted by atomic mass is 10.1. The molecule has 0 unspecified atom stereocenters. The summed E-state index contributed by atoms with van der Waals surface area (Å²) >= 11 is 0. The van der Waals surface area contributed by atoms with E-state index in [1.807, 2.05) is 48.5 Å². The van der Waals surface area contributed by atoms with Crippen LogP contribution in [-0.4, -0.2) is 69.7 Å². The maximum absolute atomic E-state index is 12.6. The minimum Gasteiger partial charge on any atom is -0.508 e. The van der Waals surface area contributed by atoms with Crippen molar-refractivity contribution in [1.82, 2.24) is 25.3 Å².